The minimum atomic E-state index is 0.968. The van der Waals surface area contributed by atoms with Crippen LogP contribution in [0.4, 0.5) is 0 Å². The molecule has 0 bridgehead atoms. The summed E-state index contributed by atoms with van der Waals surface area (Å²) in [4.78, 5) is 10.3. The summed E-state index contributed by atoms with van der Waals surface area (Å²) in [7, 11) is 0. The third-order valence-corrected chi connectivity index (χ3v) is 9.05. The van der Waals surface area contributed by atoms with E-state index >= 15 is 0 Å². The number of aromatic nitrogens is 2. The molecule has 9 rings (SSSR count). The molecule has 0 aliphatic rings. The van der Waals surface area contributed by atoms with Crippen LogP contribution in [0, 0.1) is 0 Å². The molecule has 0 N–H and O–H groups in total. The van der Waals surface area contributed by atoms with Crippen molar-refractivity contribution in [1.82, 2.24) is 9.97 Å². The first-order valence-electron chi connectivity index (χ1n) is 15.7. The minimum Gasteiger partial charge on any atom is -0.248 e. The molecule has 0 aliphatic heterocycles. The van der Waals surface area contributed by atoms with E-state index in [2.05, 4.69) is 170 Å². The maximum Gasteiger partial charge on any atom is 0.0794 e. The molecule has 0 unspecified atom stereocenters. The quantitative estimate of drug-likeness (QED) is 0.152. The van der Waals surface area contributed by atoms with Crippen LogP contribution in [-0.2, 0) is 0 Å². The van der Waals surface area contributed by atoms with Crippen molar-refractivity contribution in [2.75, 3.05) is 0 Å². The number of fused-ring (bicyclic) bond motifs is 5. The molecule has 214 valence electrons. The summed E-state index contributed by atoms with van der Waals surface area (Å²) in [6.45, 7) is 0. The van der Waals surface area contributed by atoms with Gasteiger partial charge in [-0.25, -0.2) is 9.97 Å². The van der Waals surface area contributed by atoms with Crippen LogP contribution >= 0.6 is 0 Å². The summed E-state index contributed by atoms with van der Waals surface area (Å²) < 4.78 is 0. The molecule has 2 heteroatoms. The van der Waals surface area contributed by atoms with Crippen LogP contribution in [0.3, 0.4) is 0 Å². The first-order valence-corrected chi connectivity index (χ1v) is 15.7. The van der Waals surface area contributed by atoms with Gasteiger partial charge in [0.15, 0.2) is 0 Å². The van der Waals surface area contributed by atoms with E-state index in [1.165, 1.54) is 33.2 Å². The molecule has 9 aromatic rings. The number of para-hydroxylation sites is 2. The third-order valence-electron chi connectivity index (χ3n) is 9.05. The van der Waals surface area contributed by atoms with Crippen molar-refractivity contribution in [3.8, 4) is 44.6 Å². The molecule has 0 spiro atoms. The van der Waals surface area contributed by atoms with Crippen LogP contribution < -0.4 is 0 Å². The van der Waals surface area contributed by atoms with Gasteiger partial charge in [-0.2, -0.15) is 0 Å². The van der Waals surface area contributed by atoms with E-state index < -0.39 is 0 Å². The van der Waals surface area contributed by atoms with Crippen molar-refractivity contribution in [2.45, 2.75) is 0 Å². The Kier molecular flexibility index (Phi) is 6.17. The fraction of sp³-hybridized carbons (Fsp3) is 0. The highest BCUT2D eigenvalue weighted by Gasteiger charge is 2.17. The lowest BCUT2D eigenvalue weighted by molar-refractivity contribution is 1.41. The van der Waals surface area contributed by atoms with E-state index in [0.29, 0.717) is 0 Å². The van der Waals surface area contributed by atoms with Gasteiger partial charge in [-0.05, 0) is 57.5 Å². The Hall–Kier alpha value is -6.12. The first-order chi connectivity index (χ1) is 22.8. The number of pyridine rings is 2. The average Bonchev–Trinajstić information content (AvgIpc) is 3.14. The number of hydrogen-bond acceptors (Lipinski definition) is 2. The van der Waals surface area contributed by atoms with Crippen molar-refractivity contribution >= 4 is 43.5 Å². The molecule has 0 radical (unpaired) electrons. The van der Waals surface area contributed by atoms with Gasteiger partial charge in [0, 0.05) is 32.7 Å². The van der Waals surface area contributed by atoms with Gasteiger partial charge in [0.1, 0.15) is 0 Å². The van der Waals surface area contributed by atoms with Crippen LogP contribution in [-0.4, -0.2) is 9.97 Å². The summed E-state index contributed by atoms with van der Waals surface area (Å²) >= 11 is 0. The maximum absolute atomic E-state index is 5.32. The molecule has 0 saturated heterocycles. The van der Waals surface area contributed by atoms with E-state index in [-0.39, 0.29) is 0 Å². The number of nitrogens with zero attached hydrogens (tertiary/aromatic N) is 2. The second-order valence-corrected chi connectivity index (χ2v) is 11.8. The van der Waals surface area contributed by atoms with Gasteiger partial charge in [-0.15, -0.1) is 0 Å². The summed E-state index contributed by atoms with van der Waals surface area (Å²) in [5.74, 6) is 0. The fourth-order valence-electron chi connectivity index (χ4n) is 6.87. The van der Waals surface area contributed by atoms with Crippen LogP contribution in [0.25, 0.3) is 88.1 Å². The molecule has 7 aromatic carbocycles. The van der Waals surface area contributed by atoms with Crippen LogP contribution in [0.15, 0.2) is 170 Å². The molecular formula is C44H28N2. The van der Waals surface area contributed by atoms with Crippen molar-refractivity contribution in [1.29, 1.82) is 0 Å². The molecule has 0 saturated carbocycles. The summed E-state index contributed by atoms with van der Waals surface area (Å²) in [6, 6.07) is 60.3. The zero-order chi connectivity index (χ0) is 30.5. The fourth-order valence-corrected chi connectivity index (χ4v) is 6.87. The molecule has 2 aromatic heterocycles. The molecule has 0 fully saturated rings. The van der Waals surface area contributed by atoms with Gasteiger partial charge < -0.3 is 0 Å². The van der Waals surface area contributed by atoms with E-state index in [0.717, 1.165) is 54.9 Å². The second-order valence-electron chi connectivity index (χ2n) is 11.8. The van der Waals surface area contributed by atoms with Crippen molar-refractivity contribution in [3.63, 3.8) is 0 Å². The lowest BCUT2D eigenvalue weighted by Crippen LogP contribution is -1.93. The van der Waals surface area contributed by atoms with Crippen LogP contribution in [0.1, 0.15) is 0 Å². The van der Waals surface area contributed by atoms with Crippen molar-refractivity contribution in [3.05, 3.63) is 170 Å². The van der Waals surface area contributed by atoms with Crippen molar-refractivity contribution < 1.29 is 0 Å². The van der Waals surface area contributed by atoms with Crippen LogP contribution in [0.2, 0.25) is 0 Å². The molecule has 2 nitrogen and oxygen atoms in total. The highest BCUT2D eigenvalue weighted by molar-refractivity contribution is 6.16. The Labute approximate surface area is 267 Å². The molecule has 0 amide bonds. The van der Waals surface area contributed by atoms with Gasteiger partial charge >= 0.3 is 0 Å². The zero-order valence-electron chi connectivity index (χ0n) is 25.1. The predicted molar refractivity (Wildman–Crippen MR) is 194 cm³/mol. The van der Waals surface area contributed by atoms with E-state index in [1.807, 2.05) is 0 Å². The monoisotopic (exact) mass is 584 g/mol. The van der Waals surface area contributed by atoms with Crippen LogP contribution in [0.5, 0.6) is 0 Å². The molecule has 2 heterocycles. The Bertz CT molecular complexity index is 2500. The van der Waals surface area contributed by atoms with Gasteiger partial charge in [0.25, 0.3) is 0 Å². The number of hydrogen-bond donors (Lipinski definition) is 0. The highest BCUT2D eigenvalue weighted by Crippen LogP contribution is 2.41. The second kappa shape index (κ2) is 10.8. The molecular weight excluding hydrogens is 556 g/mol. The standard InChI is InChI=1S/C44H28N2/c1-3-13-29(14-4-1)37-27-39-38(28-42(31-15-5-2-6-16-31)46-44(39)34-18-8-7-17-33(34)37)30-23-25-32(26-24-30)43-35-19-9-11-21-40(35)45-41-22-12-10-20-36(41)43/h1-28H. The summed E-state index contributed by atoms with van der Waals surface area (Å²) in [5.41, 5.74) is 12.2. The Balaban J connectivity index is 1.31. The summed E-state index contributed by atoms with van der Waals surface area (Å²) in [6.07, 6.45) is 0. The predicted octanol–water partition coefficient (Wildman–Crippen LogP) is 11.8. The van der Waals surface area contributed by atoms with E-state index in [1.54, 1.807) is 0 Å². The summed E-state index contributed by atoms with van der Waals surface area (Å²) in [5, 5.41) is 5.83. The Morgan fingerprint density at radius 1 is 0.304 bits per heavy atom. The third kappa shape index (κ3) is 4.35. The van der Waals surface area contributed by atoms with E-state index in [9.17, 15) is 0 Å². The topological polar surface area (TPSA) is 25.8 Å². The molecule has 0 atom stereocenters. The SMILES string of the molecule is c1ccc(-c2cc(-c3ccc(-c4c5ccccc5nc5ccccc45)cc3)c3cc(-c4ccccc4)c4ccccc4c3n2)cc1. The Morgan fingerprint density at radius 3 is 1.43 bits per heavy atom. The smallest absolute Gasteiger partial charge is 0.0794 e. The average molecular weight is 585 g/mol. The number of benzene rings is 7. The molecule has 46 heavy (non-hydrogen) atoms. The lowest BCUT2D eigenvalue weighted by Gasteiger charge is -2.16. The lowest BCUT2D eigenvalue weighted by atomic mass is 9.90. The molecule has 0 aliphatic carbocycles. The zero-order valence-corrected chi connectivity index (χ0v) is 25.1. The van der Waals surface area contributed by atoms with E-state index in [4.69, 9.17) is 9.97 Å². The minimum absolute atomic E-state index is 0.968. The van der Waals surface area contributed by atoms with Gasteiger partial charge in [-0.1, -0.05) is 146 Å². The van der Waals surface area contributed by atoms with Crippen molar-refractivity contribution in [2.24, 2.45) is 0 Å². The number of rotatable bonds is 4. The first kappa shape index (κ1) is 26.3. The normalized spacial score (nSPS) is 11.5. The van der Waals surface area contributed by atoms with Gasteiger partial charge in [-0.3, -0.25) is 0 Å². The Morgan fingerprint density at radius 2 is 0.783 bits per heavy atom. The van der Waals surface area contributed by atoms with Gasteiger partial charge in [0.2, 0.25) is 0 Å². The van der Waals surface area contributed by atoms with Gasteiger partial charge in [0.05, 0.1) is 22.2 Å². The maximum atomic E-state index is 5.32. The largest absolute Gasteiger partial charge is 0.248 e. The highest BCUT2D eigenvalue weighted by atomic mass is 14.7.